The molecule has 1 aromatic carbocycles. The van der Waals surface area contributed by atoms with Crippen molar-refractivity contribution in [3.63, 3.8) is 0 Å². The monoisotopic (exact) mass is 437 g/mol. The van der Waals surface area contributed by atoms with Gasteiger partial charge >= 0.3 is 0 Å². The molecular formula is C20H24FN3O3S2. The number of hydrogen-bond donors (Lipinski definition) is 0. The van der Waals surface area contributed by atoms with Crippen molar-refractivity contribution >= 4 is 27.7 Å². The maximum absolute atomic E-state index is 13.3. The van der Waals surface area contributed by atoms with E-state index in [4.69, 9.17) is 0 Å². The molecule has 1 fully saturated rings. The Balaban J connectivity index is 1.61. The van der Waals surface area contributed by atoms with Crippen LogP contribution >= 0.6 is 11.8 Å². The molecule has 0 N–H and O–H groups in total. The van der Waals surface area contributed by atoms with E-state index in [9.17, 15) is 17.6 Å². The highest BCUT2D eigenvalue weighted by Gasteiger charge is 2.27. The van der Waals surface area contributed by atoms with Crippen LogP contribution in [0.2, 0.25) is 0 Å². The number of sulfonamides is 1. The Bertz CT molecular complexity index is 961. The number of hydrogen-bond acceptors (Lipinski definition) is 5. The molecule has 0 saturated carbocycles. The van der Waals surface area contributed by atoms with Crippen molar-refractivity contribution in [2.45, 2.75) is 41.5 Å². The third-order valence-electron chi connectivity index (χ3n) is 4.74. The SMILES string of the molecule is CC(Sc1ccc(S(=O)(=O)N2CCCC2)cn1)C(=O)N(C)Cc1cccc(F)c1. The lowest BCUT2D eigenvalue weighted by Gasteiger charge is -2.21. The van der Waals surface area contributed by atoms with Gasteiger partial charge in [0, 0.05) is 32.9 Å². The van der Waals surface area contributed by atoms with Gasteiger partial charge in [-0.3, -0.25) is 4.79 Å². The molecule has 3 rings (SSSR count). The number of thioether (sulfide) groups is 1. The highest BCUT2D eigenvalue weighted by Crippen LogP contribution is 2.26. The first-order valence-electron chi connectivity index (χ1n) is 9.39. The molecule has 6 nitrogen and oxygen atoms in total. The summed E-state index contributed by atoms with van der Waals surface area (Å²) < 4.78 is 39.9. The maximum Gasteiger partial charge on any atom is 0.244 e. The van der Waals surface area contributed by atoms with E-state index in [2.05, 4.69) is 4.98 Å². The average molecular weight is 438 g/mol. The van der Waals surface area contributed by atoms with Crippen molar-refractivity contribution in [1.29, 1.82) is 0 Å². The van der Waals surface area contributed by atoms with Crippen molar-refractivity contribution in [2.24, 2.45) is 0 Å². The summed E-state index contributed by atoms with van der Waals surface area (Å²) in [5, 5.41) is 0.160. The number of nitrogens with zero attached hydrogens (tertiary/aromatic N) is 3. The van der Waals surface area contributed by atoms with Crippen LogP contribution in [-0.2, 0) is 21.4 Å². The van der Waals surface area contributed by atoms with Gasteiger partial charge in [0.2, 0.25) is 15.9 Å². The summed E-state index contributed by atoms with van der Waals surface area (Å²) in [6.07, 6.45) is 3.11. The number of pyridine rings is 1. The van der Waals surface area contributed by atoms with Crippen LogP contribution in [0.15, 0.2) is 52.5 Å². The first-order chi connectivity index (χ1) is 13.8. The molecule has 1 saturated heterocycles. The number of amides is 1. The zero-order chi connectivity index (χ0) is 21.0. The van der Waals surface area contributed by atoms with Gasteiger partial charge in [0.15, 0.2) is 0 Å². The summed E-state index contributed by atoms with van der Waals surface area (Å²) in [7, 11) is -1.83. The van der Waals surface area contributed by atoms with Gasteiger partial charge < -0.3 is 4.90 Å². The molecule has 29 heavy (non-hydrogen) atoms. The van der Waals surface area contributed by atoms with Gasteiger partial charge in [-0.05, 0) is 49.6 Å². The summed E-state index contributed by atoms with van der Waals surface area (Å²) in [4.78, 5) is 18.6. The fourth-order valence-corrected chi connectivity index (χ4v) is 5.56. The molecule has 0 bridgehead atoms. The number of carbonyl (C=O) groups is 1. The van der Waals surface area contributed by atoms with Gasteiger partial charge in [0.1, 0.15) is 10.7 Å². The predicted octanol–water partition coefficient (Wildman–Crippen LogP) is 3.14. The standard InChI is InChI=1S/C20H24FN3O3S2/c1-15(20(25)23(2)14-16-6-5-7-17(21)12-16)28-19-9-8-18(13-22-19)29(26,27)24-10-3-4-11-24/h5-9,12-13,15H,3-4,10-11,14H2,1-2H3. The van der Waals surface area contributed by atoms with Gasteiger partial charge in [-0.25, -0.2) is 17.8 Å². The van der Waals surface area contributed by atoms with E-state index >= 15 is 0 Å². The van der Waals surface area contributed by atoms with Crippen LogP contribution in [0.5, 0.6) is 0 Å². The molecule has 1 aliphatic rings. The Morgan fingerprint density at radius 3 is 2.62 bits per heavy atom. The number of benzene rings is 1. The van der Waals surface area contributed by atoms with Crippen LogP contribution in [-0.4, -0.2) is 53.9 Å². The molecule has 156 valence electrons. The van der Waals surface area contributed by atoms with Crippen molar-refractivity contribution in [3.8, 4) is 0 Å². The van der Waals surface area contributed by atoms with Gasteiger partial charge in [-0.1, -0.05) is 23.9 Å². The molecule has 0 spiro atoms. The summed E-state index contributed by atoms with van der Waals surface area (Å²) in [6.45, 7) is 3.16. The fourth-order valence-electron chi connectivity index (χ4n) is 3.20. The molecule has 1 amide bonds. The van der Waals surface area contributed by atoms with E-state index in [0.29, 0.717) is 30.2 Å². The normalized spacial score (nSPS) is 16.0. The Hall–Kier alpha value is -1.97. The minimum absolute atomic E-state index is 0.116. The smallest absolute Gasteiger partial charge is 0.244 e. The second kappa shape index (κ2) is 9.23. The number of aromatic nitrogens is 1. The fraction of sp³-hybridized carbons (Fsp3) is 0.400. The molecule has 2 aromatic rings. The molecule has 1 aromatic heterocycles. The predicted molar refractivity (Wildman–Crippen MR) is 110 cm³/mol. The highest BCUT2D eigenvalue weighted by atomic mass is 32.2. The largest absolute Gasteiger partial charge is 0.340 e. The minimum atomic E-state index is -3.50. The van der Waals surface area contributed by atoms with Gasteiger partial charge in [-0.2, -0.15) is 4.31 Å². The lowest BCUT2D eigenvalue weighted by Crippen LogP contribution is -2.32. The number of rotatable bonds is 7. The first kappa shape index (κ1) is 21.7. The highest BCUT2D eigenvalue weighted by molar-refractivity contribution is 8.00. The molecule has 1 aliphatic heterocycles. The van der Waals surface area contributed by atoms with E-state index in [0.717, 1.165) is 12.8 Å². The third kappa shape index (κ3) is 5.34. The van der Waals surface area contributed by atoms with E-state index in [-0.39, 0.29) is 16.6 Å². The van der Waals surface area contributed by atoms with Gasteiger partial charge in [0.05, 0.1) is 10.3 Å². The van der Waals surface area contributed by atoms with Crippen molar-refractivity contribution < 1.29 is 17.6 Å². The molecule has 0 radical (unpaired) electrons. The zero-order valence-electron chi connectivity index (χ0n) is 16.4. The average Bonchev–Trinajstić information content (AvgIpc) is 3.23. The number of halogens is 1. The Labute approximate surface area is 175 Å². The maximum atomic E-state index is 13.3. The van der Waals surface area contributed by atoms with Crippen molar-refractivity contribution in [1.82, 2.24) is 14.2 Å². The van der Waals surface area contributed by atoms with E-state index in [1.54, 1.807) is 37.1 Å². The van der Waals surface area contributed by atoms with Crippen LogP contribution in [0.1, 0.15) is 25.3 Å². The molecule has 2 heterocycles. The lowest BCUT2D eigenvalue weighted by molar-refractivity contribution is -0.129. The lowest BCUT2D eigenvalue weighted by atomic mass is 10.2. The van der Waals surface area contributed by atoms with Crippen LogP contribution < -0.4 is 0 Å². The Kier molecular flexibility index (Phi) is 6.92. The second-order valence-corrected chi connectivity index (χ2v) is 10.3. The molecular weight excluding hydrogens is 413 g/mol. The molecule has 0 aliphatic carbocycles. The van der Waals surface area contributed by atoms with Crippen LogP contribution in [0.3, 0.4) is 0 Å². The zero-order valence-corrected chi connectivity index (χ0v) is 18.0. The van der Waals surface area contributed by atoms with Crippen molar-refractivity contribution in [3.05, 3.63) is 54.0 Å². The van der Waals surface area contributed by atoms with Crippen LogP contribution in [0, 0.1) is 5.82 Å². The number of carbonyl (C=O) groups excluding carboxylic acids is 1. The Morgan fingerprint density at radius 2 is 2.00 bits per heavy atom. The van der Waals surface area contributed by atoms with Crippen LogP contribution in [0.4, 0.5) is 4.39 Å². The van der Waals surface area contributed by atoms with E-state index < -0.39 is 15.3 Å². The quantitative estimate of drug-likeness (QED) is 0.623. The van der Waals surface area contributed by atoms with E-state index in [1.807, 2.05) is 0 Å². The molecule has 1 atom stereocenters. The van der Waals surface area contributed by atoms with Gasteiger partial charge in [0.25, 0.3) is 0 Å². The first-order valence-corrected chi connectivity index (χ1v) is 11.7. The topological polar surface area (TPSA) is 70.6 Å². The Morgan fingerprint density at radius 1 is 1.28 bits per heavy atom. The van der Waals surface area contributed by atoms with Crippen LogP contribution in [0.25, 0.3) is 0 Å². The second-order valence-electron chi connectivity index (χ2n) is 7.03. The van der Waals surface area contributed by atoms with E-state index in [1.165, 1.54) is 40.5 Å². The molecule has 1 unspecified atom stereocenters. The third-order valence-corrected chi connectivity index (χ3v) is 7.66. The van der Waals surface area contributed by atoms with Gasteiger partial charge in [-0.15, -0.1) is 0 Å². The molecule has 9 heteroatoms. The summed E-state index contributed by atoms with van der Waals surface area (Å²) in [5.41, 5.74) is 0.715. The minimum Gasteiger partial charge on any atom is -0.340 e. The summed E-state index contributed by atoms with van der Waals surface area (Å²) >= 11 is 1.26. The summed E-state index contributed by atoms with van der Waals surface area (Å²) in [5.74, 6) is -0.450. The summed E-state index contributed by atoms with van der Waals surface area (Å²) in [6, 6.07) is 9.32. The van der Waals surface area contributed by atoms with Crippen molar-refractivity contribution in [2.75, 3.05) is 20.1 Å².